The molecule has 0 amide bonds. The maximum atomic E-state index is 15.0. The van der Waals surface area contributed by atoms with E-state index in [1.54, 1.807) is 36.4 Å². The van der Waals surface area contributed by atoms with Crippen molar-refractivity contribution in [2.24, 2.45) is 5.73 Å². The Balaban J connectivity index is 1.41. The number of nitrogens with two attached hydrogens (primary N) is 1. The van der Waals surface area contributed by atoms with Crippen LogP contribution in [-0.2, 0) is 42.8 Å². The number of hydrogen-bond acceptors (Lipinski definition) is 6. The lowest BCUT2D eigenvalue weighted by Gasteiger charge is -2.39. The number of halogens is 4. The van der Waals surface area contributed by atoms with Gasteiger partial charge in [0.15, 0.2) is 0 Å². The summed E-state index contributed by atoms with van der Waals surface area (Å²) in [5.74, 6) is -1.11. The zero-order valence-electron chi connectivity index (χ0n) is 24.8. The third-order valence-corrected chi connectivity index (χ3v) is 8.95. The van der Waals surface area contributed by atoms with Gasteiger partial charge in [0, 0.05) is 31.2 Å². The topological polar surface area (TPSA) is 106 Å². The zero-order valence-corrected chi connectivity index (χ0v) is 24.8. The summed E-state index contributed by atoms with van der Waals surface area (Å²) in [4.78, 5) is 30.3. The van der Waals surface area contributed by atoms with E-state index in [0.29, 0.717) is 43.6 Å². The monoisotopic (exact) mass is 633 g/mol. The second-order valence-electron chi connectivity index (χ2n) is 11.8. The van der Waals surface area contributed by atoms with Gasteiger partial charge in [-0.3, -0.25) is 18.8 Å². The van der Waals surface area contributed by atoms with Crippen LogP contribution in [0.5, 0.6) is 0 Å². The molecular weight excluding hydrogens is 602 g/mol. The van der Waals surface area contributed by atoms with Gasteiger partial charge in [0.25, 0.3) is 5.56 Å². The standard InChI is InChI=1S/C34H31F4N5O3/c35-27-11-5-10-26(34(36,37)38)25(27)19-42-29-21-46-33(12-14-41(15-13-33)18-23-7-4-6-22(16-23)17-39)30(29)31(44)43(32(42)45)20-28(40)24-8-2-1-3-9-24/h1-11,16,28H,12-15,18-21,40H2. The first-order valence-electron chi connectivity index (χ1n) is 14.9. The second kappa shape index (κ2) is 12.3. The predicted octanol–water partition coefficient (Wildman–Crippen LogP) is 4.81. The molecule has 1 unspecified atom stereocenters. The molecule has 3 aromatic carbocycles. The largest absolute Gasteiger partial charge is 0.416 e. The van der Waals surface area contributed by atoms with Crippen LogP contribution < -0.4 is 17.0 Å². The Kier molecular flexibility index (Phi) is 8.41. The Labute approximate surface area is 261 Å². The first-order chi connectivity index (χ1) is 22.0. The van der Waals surface area contributed by atoms with Gasteiger partial charge in [0.05, 0.1) is 48.1 Å². The Hall–Kier alpha value is -4.57. The Morgan fingerprint density at radius 1 is 0.957 bits per heavy atom. The number of ether oxygens (including phenoxy) is 1. The van der Waals surface area contributed by atoms with Crippen LogP contribution in [0.1, 0.15) is 58.0 Å². The number of nitriles is 1. The first kappa shape index (κ1) is 31.4. The van der Waals surface area contributed by atoms with Gasteiger partial charge in [-0.15, -0.1) is 0 Å². The molecule has 0 aliphatic carbocycles. The van der Waals surface area contributed by atoms with E-state index in [1.807, 2.05) is 18.2 Å². The molecule has 2 aliphatic rings. The van der Waals surface area contributed by atoms with Gasteiger partial charge in [-0.2, -0.15) is 18.4 Å². The van der Waals surface area contributed by atoms with Gasteiger partial charge in [0.1, 0.15) is 11.4 Å². The van der Waals surface area contributed by atoms with Crippen molar-refractivity contribution in [2.45, 2.75) is 56.9 Å². The highest BCUT2D eigenvalue weighted by atomic mass is 19.4. The zero-order chi connectivity index (χ0) is 32.6. The van der Waals surface area contributed by atoms with Crippen molar-refractivity contribution in [1.82, 2.24) is 14.0 Å². The molecule has 3 heterocycles. The van der Waals surface area contributed by atoms with Crippen LogP contribution in [0.2, 0.25) is 0 Å². The van der Waals surface area contributed by atoms with Gasteiger partial charge in [-0.1, -0.05) is 48.5 Å². The molecule has 2 N–H and O–H groups in total. The minimum atomic E-state index is -4.87. The number of rotatable bonds is 7. The average molecular weight is 634 g/mol. The predicted molar refractivity (Wildman–Crippen MR) is 161 cm³/mol. The van der Waals surface area contributed by atoms with Crippen LogP contribution in [0.15, 0.2) is 82.4 Å². The van der Waals surface area contributed by atoms with Crippen molar-refractivity contribution in [1.29, 1.82) is 5.26 Å². The van der Waals surface area contributed by atoms with Crippen LogP contribution >= 0.6 is 0 Å². The molecule has 1 fully saturated rings. The number of benzene rings is 3. The minimum absolute atomic E-state index is 0.145. The molecule has 8 nitrogen and oxygen atoms in total. The number of aromatic nitrogens is 2. The first-order valence-corrected chi connectivity index (χ1v) is 14.9. The summed E-state index contributed by atoms with van der Waals surface area (Å²) < 4.78 is 65.2. The Morgan fingerprint density at radius 3 is 2.37 bits per heavy atom. The number of likely N-dealkylation sites (tertiary alicyclic amines) is 1. The smallest absolute Gasteiger partial charge is 0.364 e. The molecule has 0 radical (unpaired) electrons. The molecule has 0 bridgehead atoms. The summed E-state index contributed by atoms with van der Waals surface area (Å²) in [6, 6.07) is 20.1. The third kappa shape index (κ3) is 5.89. The molecule has 0 saturated carbocycles. The number of alkyl halides is 3. The lowest BCUT2D eigenvalue weighted by molar-refractivity contribution is -0.138. The van der Waals surface area contributed by atoms with Gasteiger partial charge in [-0.25, -0.2) is 9.18 Å². The van der Waals surface area contributed by atoms with E-state index in [4.69, 9.17) is 10.5 Å². The summed E-state index contributed by atoms with van der Waals surface area (Å²) in [5.41, 5.74) is 4.45. The molecular formula is C34H31F4N5O3. The quantitative estimate of drug-likeness (QED) is 0.293. The molecule has 1 aromatic heterocycles. The van der Waals surface area contributed by atoms with E-state index < -0.39 is 52.6 Å². The lowest BCUT2D eigenvalue weighted by Crippen LogP contribution is -2.49. The molecule has 238 valence electrons. The number of hydrogen-bond donors (Lipinski definition) is 1. The average Bonchev–Trinajstić information content (AvgIpc) is 3.41. The SMILES string of the molecule is N#Cc1cccc(CN2CCC3(CC2)OCc2c3c(=O)n(CC(N)c3ccccc3)c(=O)n2Cc2c(F)cccc2C(F)(F)F)c1. The highest BCUT2D eigenvalue weighted by Gasteiger charge is 2.47. The molecule has 2 aliphatic heterocycles. The van der Waals surface area contributed by atoms with E-state index >= 15 is 4.39 Å². The van der Waals surface area contributed by atoms with Crippen LogP contribution in [0.3, 0.4) is 0 Å². The molecule has 1 spiro atoms. The van der Waals surface area contributed by atoms with Gasteiger partial charge in [-0.05, 0) is 48.2 Å². The van der Waals surface area contributed by atoms with Crippen LogP contribution in [0.25, 0.3) is 0 Å². The maximum absolute atomic E-state index is 15.0. The molecule has 46 heavy (non-hydrogen) atoms. The number of fused-ring (bicyclic) bond motifs is 2. The molecule has 1 saturated heterocycles. The van der Waals surface area contributed by atoms with Crippen LogP contribution in [0, 0.1) is 17.1 Å². The van der Waals surface area contributed by atoms with Gasteiger partial charge in [0.2, 0.25) is 0 Å². The van der Waals surface area contributed by atoms with Crippen LogP contribution in [0.4, 0.5) is 17.6 Å². The van der Waals surface area contributed by atoms with Crippen molar-refractivity contribution in [3.63, 3.8) is 0 Å². The second-order valence-corrected chi connectivity index (χ2v) is 11.8. The van der Waals surface area contributed by atoms with Crippen LogP contribution in [-0.4, -0.2) is 27.1 Å². The summed E-state index contributed by atoms with van der Waals surface area (Å²) >= 11 is 0. The fraction of sp³-hybridized carbons (Fsp3) is 0.324. The maximum Gasteiger partial charge on any atom is 0.416 e. The van der Waals surface area contributed by atoms with E-state index in [1.165, 1.54) is 0 Å². The molecule has 1 atom stereocenters. The highest BCUT2D eigenvalue weighted by Crippen LogP contribution is 2.43. The van der Waals surface area contributed by atoms with Gasteiger partial charge >= 0.3 is 11.9 Å². The van der Waals surface area contributed by atoms with Crippen molar-refractivity contribution >= 4 is 0 Å². The Morgan fingerprint density at radius 2 is 1.67 bits per heavy atom. The minimum Gasteiger partial charge on any atom is -0.364 e. The highest BCUT2D eigenvalue weighted by molar-refractivity contribution is 5.36. The van der Waals surface area contributed by atoms with E-state index in [2.05, 4.69) is 11.0 Å². The molecule has 6 rings (SSSR count). The normalized spacial score (nSPS) is 16.7. The van der Waals surface area contributed by atoms with E-state index in [-0.39, 0.29) is 24.4 Å². The summed E-state index contributed by atoms with van der Waals surface area (Å²) in [6.07, 6.45) is -4.11. The molecule has 12 heteroatoms. The van der Waals surface area contributed by atoms with Crippen molar-refractivity contribution in [3.8, 4) is 6.07 Å². The fourth-order valence-electron chi connectivity index (χ4n) is 6.56. The van der Waals surface area contributed by atoms with E-state index in [0.717, 1.165) is 32.9 Å². The van der Waals surface area contributed by atoms with E-state index in [9.17, 15) is 28.0 Å². The van der Waals surface area contributed by atoms with Crippen molar-refractivity contribution in [3.05, 3.63) is 139 Å². The number of nitrogens with zero attached hydrogens (tertiary/aromatic N) is 4. The lowest BCUT2D eigenvalue weighted by atomic mass is 9.85. The number of piperidine rings is 1. The summed E-state index contributed by atoms with van der Waals surface area (Å²) in [5, 5.41) is 9.25. The van der Waals surface area contributed by atoms with Gasteiger partial charge < -0.3 is 10.5 Å². The van der Waals surface area contributed by atoms with Crippen molar-refractivity contribution in [2.75, 3.05) is 13.1 Å². The Bertz CT molecular complexity index is 1920. The summed E-state index contributed by atoms with van der Waals surface area (Å²) in [7, 11) is 0. The third-order valence-electron chi connectivity index (χ3n) is 8.95. The summed E-state index contributed by atoms with van der Waals surface area (Å²) in [6.45, 7) is 0.431. The molecule has 4 aromatic rings. The fourth-order valence-corrected chi connectivity index (χ4v) is 6.56. The van der Waals surface area contributed by atoms with Crippen molar-refractivity contribution < 1.29 is 22.3 Å².